The molecular formula is C28H34N2O6. The van der Waals surface area contributed by atoms with Crippen LogP contribution >= 0.6 is 0 Å². The quantitative estimate of drug-likeness (QED) is 0.496. The van der Waals surface area contributed by atoms with Crippen LogP contribution in [0.25, 0.3) is 0 Å². The molecule has 192 valence electrons. The Kier molecular flexibility index (Phi) is 6.74. The van der Waals surface area contributed by atoms with Gasteiger partial charge in [-0.1, -0.05) is 54.6 Å². The summed E-state index contributed by atoms with van der Waals surface area (Å²) in [6, 6.07) is 7.83. The Hall–Kier alpha value is -2.97. The van der Waals surface area contributed by atoms with Crippen LogP contribution < -0.4 is 0 Å². The number of likely N-dealkylation sites (tertiary alicyclic amines) is 1. The molecule has 0 saturated carbocycles. The van der Waals surface area contributed by atoms with Crippen molar-refractivity contribution in [3.8, 4) is 0 Å². The first kappa shape index (κ1) is 24.7. The minimum Gasteiger partial charge on any atom is -0.465 e. The number of rotatable bonds is 5. The average Bonchev–Trinajstić information content (AvgIpc) is 3.28. The van der Waals surface area contributed by atoms with Gasteiger partial charge < -0.3 is 24.4 Å². The first-order valence-electron chi connectivity index (χ1n) is 12.8. The summed E-state index contributed by atoms with van der Waals surface area (Å²) in [6.07, 6.45) is 8.63. The second-order valence-electron chi connectivity index (χ2n) is 10.3. The minimum absolute atomic E-state index is 0.0987. The van der Waals surface area contributed by atoms with Crippen LogP contribution in [0.4, 0.5) is 0 Å². The molecule has 1 aromatic carbocycles. The van der Waals surface area contributed by atoms with Crippen LogP contribution in [0, 0.1) is 11.8 Å². The number of allylic oxidation sites excluding steroid dienone is 1. The molecule has 0 aliphatic carbocycles. The number of nitrogens with zero attached hydrogens (tertiary/aromatic N) is 2. The topological polar surface area (TPSA) is 96.4 Å². The number of fused-ring (bicyclic) bond motifs is 2. The lowest BCUT2D eigenvalue weighted by Gasteiger charge is -2.39. The van der Waals surface area contributed by atoms with Gasteiger partial charge in [0, 0.05) is 12.6 Å². The molecule has 8 nitrogen and oxygen atoms in total. The van der Waals surface area contributed by atoms with Crippen LogP contribution in [0.2, 0.25) is 0 Å². The molecule has 1 aromatic rings. The highest BCUT2D eigenvalue weighted by molar-refractivity contribution is 5.99. The molecule has 0 aromatic heterocycles. The van der Waals surface area contributed by atoms with E-state index < -0.39 is 41.6 Å². The van der Waals surface area contributed by atoms with Gasteiger partial charge in [-0.25, -0.2) is 0 Å². The highest BCUT2D eigenvalue weighted by atomic mass is 16.6. The molecule has 36 heavy (non-hydrogen) atoms. The third-order valence-electron chi connectivity index (χ3n) is 7.86. The number of aliphatic hydroxyl groups is 1. The predicted octanol–water partition coefficient (Wildman–Crippen LogP) is 1.87. The Labute approximate surface area is 211 Å². The summed E-state index contributed by atoms with van der Waals surface area (Å²) in [4.78, 5) is 44.9. The summed E-state index contributed by atoms with van der Waals surface area (Å²) in [7, 11) is 0. The van der Waals surface area contributed by atoms with Crippen molar-refractivity contribution in [3.05, 3.63) is 60.2 Å². The fourth-order valence-electron chi connectivity index (χ4n) is 6.21. The molecule has 2 fully saturated rings. The van der Waals surface area contributed by atoms with E-state index in [1.165, 1.54) is 4.90 Å². The Morgan fingerprint density at radius 3 is 2.61 bits per heavy atom. The Balaban J connectivity index is 1.62. The summed E-state index contributed by atoms with van der Waals surface area (Å²) in [5.74, 6) is -2.84. The van der Waals surface area contributed by atoms with E-state index >= 15 is 0 Å². The molecule has 6 atom stereocenters. The Bertz CT molecular complexity index is 1070. The maximum Gasteiger partial charge on any atom is 0.312 e. The van der Waals surface area contributed by atoms with E-state index in [1.54, 1.807) is 4.90 Å². The van der Waals surface area contributed by atoms with Gasteiger partial charge in [0.15, 0.2) is 0 Å². The first-order valence-corrected chi connectivity index (χ1v) is 12.8. The van der Waals surface area contributed by atoms with Crippen molar-refractivity contribution in [3.63, 3.8) is 0 Å². The molecule has 1 unspecified atom stereocenters. The molecule has 1 spiro atoms. The van der Waals surface area contributed by atoms with E-state index in [2.05, 4.69) is 0 Å². The van der Waals surface area contributed by atoms with Crippen molar-refractivity contribution in [2.75, 3.05) is 19.8 Å². The van der Waals surface area contributed by atoms with E-state index in [0.717, 1.165) is 12.0 Å². The maximum atomic E-state index is 14.3. The van der Waals surface area contributed by atoms with Crippen LogP contribution in [-0.4, -0.2) is 82.3 Å². The lowest BCUT2D eigenvalue weighted by atomic mass is 9.78. The first-order chi connectivity index (χ1) is 17.4. The van der Waals surface area contributed by atoms with Crippen molar-refractivity contribution in [2.24, 2.45) is 11.8 Å². The van der Waals surface area contributed by atoms with Crippen LogP contribution in [0.15, 0.2) is 54.6 Å². The van der Waals surface area contributed by atoms with Crippen LogP contribution in [0.5, 0.6) is 0 Å². The Morgan fingerprint density at radius 2 is 1.89 bits per heavy atom. The monoisotopic (exact) mass is 494 g/mol. The molecule has 4 aliphatic rings. The molecule has 0 radical (unpaired) electrons. The zero-order chi connectivity index (χ0) is 25.4. The third kappa shape index (κ3) is 3.96. The number of aliphatic hydroxyl groups excluding tert-OH is 1. The number of carbonyl (C=O) groups excluding carboxylic acids is 3. The minimum atomic E-state index is -1.32. The van der Waals surface area contributed by atoms with Gasteiger partial charge in [0.1, 0.15) is 17.6 Å². The van der Waals surface area contributed by atoms with Gasteiger partial charge in [0.25, 0.3) is 0 Å². The molecular weight excluding hydrogens is 460 g/mol. The van der Waals surface area contributed by atoms with Crippen molar-refractivity contribution < 1.29 is 29.0 Å². The Morgan fingerprint density at radius 1 is 1.11 bits per heavy atom. The molecule has 1 N–H and O–H groups in total. The molecule has 4 aliphatic heterocycles. The second-order valence-corrected chi connectivity index (χ2v) is 10.3. The highest BCUT2D eigenvalue weighted by Gasteiger charge is 2.72. The van der Waals surface area contributed by atoms with E-state index in [0.29, 0.717) is 19.4 Å². The SMILES string of the molecule is CC(C)N1CC=C[C@]23O[C@@H]4/C=C\CCCOC(=O)[C@@H]4[C@H]2C(=O)N([C@@H](CO)Cc2ccccc2)C3C1=O. The van der Waals surface area contributed by atoms with Gasteiger partial charge in [-0.15, -0.1) is 0 Å². The normalized spacial score (nSPS) is 33.7. The van der Waals surface area contributed by atoms with Crippen LogP contribution in [-0.2, 0) is 30.3 Å². The van der Waals surface area contributed by atoms with Gasteiger partial charge in [0.05, 0.1) is 31.3 Å². The number of carbonyl (C=O) groups is 3. The van der Waals surface area contributed by atoms with Crippen molar-refractivity contribution in [1.29, 1.82) is 0 Å². The van der Waals surface area contributed by atoms with Gasteiger partial charge in [-0.05, 0) is 38.7 Å². The molecule has 5 rings (SSSR count). The average molecular weight is 495 g/mol. The van der Waals surface area contributed by atoms with Gasteiger partial charge >= 0.3 is 5.97 Å². The van der Waals surface area contributed by atoms with Crippen molar-refractivity contribution in [2.45, 2.75) is 62.9 Å². The number of hydrogen-bond donors (Lipinski definition) is 1. The second kappa shape index (κ2) is 9.82. The number of hydrogen-bond acceptors (Lipinski definition) is 6. The van der Waals surface area contributed by atoms with Crippen LogP contribution in [0.1, 0.15) is 32.3 Å². The molecule has 8 heteroatoms. The molecule has 2 saturated heterocycles. The standard InChI is InChI=1S/C28H34N2O6/c1-18(2)29-14-9-13-28-23(22-21(36-28)12-7-4-8-15-35-27(22)34)25(32)30(24(28)26(29)33)20(17-31)16-19-10-5-3-6-11-19/h3,5-7,9-13,18,20-24,31H,4,8,14-17H2,1-2H3/b12-7-/t20-,21-,22+,23+,24?,28+/m1/s1. The number of cyclic esters (lactones) is 1. The van der Waals surface area contributed by atoms with Crippen molar-refractivity contribution in [1.82, 2.24) is 9.80 Å². The molecule has 2 amide bonds. The fraction of sp³-hybridized carbons (Fsp3) is 0.536. The zero-order valence-corrected chi connectivity index (χ0v) is 20.8. The fourth-order valence-corrected chi connectivity index (χ4v) is 6.21. The van der Waals surface area contributed by atoms with Gasteiger partial charge in [-0.3, -0.25) is 14.4 Å². The maximum absolute atomic E-state index is 14.3. The number of amides is 2. The summed E-state index contributed by atoms with van der Waals surface area (Å²) in [5, 5.41) is 10.5. The summed E-state index contributed by atoms with van der Waals surface area (Å²) in [6.45, 7) is 4.20. The lowest BCUT2D eigenvalue weighted by molar-refractivity contribution is -0.156. The van der Waals surface area contributed by atoms with E-state index in [1.807, 2.05) is 68.5 Å². The summed E-state index contributed by atoms with van der Waals surface area (Å²) < 4.78 is 12.1. The smallest absolute Gasteiger partial charge is 0.312 e. The van der Waals surface area contributed by atoms with Crippen LogP contribution in [0.3, 0.4) is 0 Å². The predicted molar refractivity (Wildman–Crippen MR) is 132 cm³/mol. The molecule has 4 heterocycles. The summed E-state index contributed by atoms with van der Waals surface area (Å²) in [5.41, 5.74) is -0.379. The highest BCUT2D eigenvalue weighted by Crippen LogP contribution is 2.53. The van der Waals surface area contributed by atoms with E-state index in [-0.39, 0.29) is 31.1 Å². The largest absolute Gasteiger partial charge is 0.465 e. The number of benzene rings is 1. The molecule has 0 bridgehead atoms. The van der Waals surface area contributed by atoms with E-state index in [4.69, 9.17) is 9.47 Å². The van der Waals surface area contributed by atoms with Gasteiger partial charge in [0.2, 0.25) is 11.8 Å². The third-order valence-corrected chi connectivity index (χ3v) is 7.86. The zero-order valence-electron chi connectivity index (χ0n) is 20.8. The van der Waals surface area contributed by atoms with E-state index in [9.17, 15) is 19.5 Å². The van der Waals surface area contributed by atoms with Gasteiger partial charge in [-0.2, -0.15) is 0 Å². The number of ether oxygens (including phenoxy) is 2. The van der Waals surface area contributed by atoms with Crippen molar-refractivity contribution >= 4 is 17.8 Å². The number of esters is 1. The summed E-state index contributed by atoms with van der Waals surface area (Å²) >= 11 is 0. The lowest BCUT2D eigenvalue weighted by Crippen LogP contribution is -2.59.